The van der Waals surface area contributed by atoms with Crippen LogP contribution >= 0.6 is 0 Å². The summed E-state index contributed by atoms with van der Waals surface area (Å²) in [6, 6.07) is 0. The number of hydrogen-bond acceptors (Lipinski definition) is 4. The van der Waals surface area contributed by atoms with Gasteiger partial charge in [-0.3, -0.25) is 4.79 Å². The van der Waals surface area contributed by atoms with Crippen molar-refractivity contribution in [1.29, 1.82) is 0 Å². The summed E-state index contributed by atoms with van der Waals surface area (Å²) in [5.74, 6) is -1.92. The van der Waals surface area contributed by atoms with Crippen molar-refractivity contribution in [3.63, 3.8) is 0 Å². The number of amides is 1. The molecule has 0 radical (unpaired) electrons. The molecule has 0 bridgehead atoms. The number of hydrogen-bond donors (Lipinski definition) is 2. The number of nitrogens with zero attached hydrogens (tertiary/aromatic N) is 3. The Bertz CT molecular complexity index is 1030. The van der Waals surface area contributed by atoms with E-state index in [-0.39, 0.29) is 24.5 Å². The van der Waals surface area contributed by atoms with E-state index in [2.05, 4.69) is 24.9 Å². The molecule has 3 N–H and O–H groups in total. The molecule has 28 heavy (non-hydrogen) atoms. The van der Waals surface area contributed by atoms with E-state index in [1.807, 2.05) is 5.32 Å². The largest absolute Gasteiger partial charge is 0.405 e. The first-order valence-electron chi connectivity index (χ1n) is 8.52. The summed E-state index contributed by atoms with van der Waals surface area (Å²) in [4.78, 5) is 30.1. The molecule has 1 fully saturated rings. The van der Waals surface area contributed by atoms with Crippen molar-refractivity contribution in [3.8, 4) is 11.4 Å². The Hall–Kier alpha value is -3.11. The van der Waals surface area contributed by atoms with E-state index in [1.54, 1.807) is 12.4 Å². The quantitative estimate of drug-likeness (QED) is 0.662. The molecule has 3 aromatic heterocycles. The number of fused-ring (bicyclic) bond motifs is 1. The number of aromatic nitrogens is 5. The molecule has 3 heterocycles. The number of aromatic amines is 2. The molecule has 3 aromatic rings. The number of rotatable bonds is 4. The number of H-pyrrole nitrogens is 2. The van der Waals surface area contributed by atoms with Crippen molar-refractivity contribution >= 4 is 16.9 Å². The molecular weight excluding hydrogens is 380 g/mol. The second-order valence-electron chi connectivity index (χ2n) is 6.66. The average Bonchev–Trinajstić information content (AvgIpc) is 3.04. The van der Waals surface area contributed by atoms with Crippen molar-refractivity contribution in [2.24, 2.45) is 5.92 Å². The Balaban J connectivity index is 1.50. The molecule has 0 spiro atoms. The highest BCUT2D eigenvalue weighted by Gasteiger charge is 2.39. The van der Waals surface area contributed by atoms with Crippen molar-refractivity contribution < 1.29 is 27.3 Å². The maximum atomic E-state index is 14.2. The summed E-state index contributed by atoms with van der Waals surface area (Å²) >= 11 is 0. The summed E-state index contributed by atoms with van der Waals surface area (Å²) in [6.07, 6.45) is 1.96. The van der Waals surface area contributed by atoms with Gasteiger partial charge in [0.25, 0.3) is 12.0 Å². The summed E-state index contributed by atoms with van der Waals surface area (Å²) in [6.45, 7) is -1.37. The van der Waals surface area contributed by atoms with Crippen LogP contribution < -0.4 is 10.3 Å². The summed E-state index contributed by atoms with van der Waals surface area (Å²) in [5, 5.41) is 2.59. The maximum absolute atomic E-state index is 14.2. The fourth-order valence-corrected chi connectivity index (χ4v) is 3.27. The second kappa shape index (κ2) is 6.80. The first-order chi connectivity index (χ1) is 13.3. The molecule has 0 aliphatic heterocycles. The molecule has 0 aromatic carbocycles. The first-order valence-corrected chi connectivity index (χ1v) is 8.52. The van der Waals surface area contributed by atoms with Gasteiger partial charge in [0.05, 0.1) is 22.8 Å². The zero-order chi connectivity index (χ0) is 19.9. The van der Waals surface area contributed by atoms with Crippen LogP contribution in [0.15, 0.2) is 24.9 Å². The number of carbonyl (C=O) groups is 1. The van der Waals surface area contributed by atoms with Gasteiger partial charge >= 0.3 is 6.18 Å². The minimum Gasteiger partial charge on any atom is -0.347 e. The van der Waals surface area contributed by atoms with E-state index in [1.165, 1.54) is 6.33 Å². The fraction of sp³-hybridized carbons (Fsp3) is 0.353. The number of halogens is 4. The highest BCUT2D eigenvalue weighted by molar-refractivity contribution is 5.90. The third kappa shape index (κ3) is 3.51. The average molecular weight is 395 g/mol. The highest BCUT2D eigenvalue weighted by Crippen LogP contribution is 2.42. The van der Waals surface area contributed by atoms with Gasteiger partial charge in [0.1, 0.15) is 12.7 Å². The van der Waals surface area contributed by atoms with Crippen LogP contribution in [0.5, 0.6) is 0 Å². The third-order valence-corrected chi connectivity index (χ3v) is 4.77. The van der Waals surface area contributed by atoms with Crippen molar-refractivity contribution in [2.45, 2.75) is 24.9 Å². The molecule has 1 amide bonds. The summed E-state index contributed by atoms with van der Waals surface area (Å²) in [5.41, 5.74) is 1.42. The zero-order valence-electron chi connectivity index (χ0n) is 14.3. The molecule has 4 rings (SSSR count). The van der Waals surface area contributed by atoms with E-state index in [0.717, 1.165) is 11.6 Å². The zero-order valence-corrected chi connectivity index (χ0v) is 14.3. The Labute approximate surface area is 155 Å². The van der Waals surface area contributed by atoms with Gasteiger partial charge in [0, 0.05) is 18.0 Å². The summed E-state index contributed by atoms with van der Waals surface area (Å²) < 4.78 is 50.8. The van der Waals surface area contributed by atoms with E-state index in [9.17, 15) is 22.4 Å². The van der Waals surface area contributed by atoms with Crippen LogP contribution in [0.25, 0.3) is 22.4 Å². The minimum absolute atomic E-state index is 0.159. The predicted molar refractivity (Wildman–Crippen MR) is 88.2 cm³/mol. The molecule has 0 unspecified atom stereocenters. The van der Waals surface area contributed by atoms with E-state index < -0.39 is 30.4 Å². The summed E-state index contributed by atoms with van der Waals surface area (Å²) in [7, 11) is 0. The van der Waals surface area contributed by atoms with Gasteiger partial charge in [-0.05, 0) is 17.8 Å². The van der Waals surface area contributed by atoms with Crippen LogP contribution in [0.1, 0.15) is 24.5 Å². The topological polar surface area (TPSA) is 97.7 Å². The molecule has 146 valence electrons. The van der Waals surface area contributed by atoms with Crippen LogP contribution in [-0.2, 0) is 4.79 Å². The Morgan fingerprint density at radius 1 is 1.32 bits per heavy atom. The lowest BCUT2D eigenvalue weighted by atomic mass is 9.72. The highest BCUT2D eigenvalue weighted by atomic mass is 19.4. The van der Waals surface area contributed by atoms with Crippen LogP contribution in [0.2, 0.25) is 0 Å². The lowest BCUT2D eigenvalue weighted by Crippen LogP contribution is -2.42. The van der Waals surface area contributed by atoms with Gasteiger partial charge in [0.2, 0.25) is 5.91 Å². The van der Waals surface area contributed by atoms with Gasteiger partial charge in [-0.25, -0.2) is 19.3 Å². The van der Waals surface area contributed by atoms with Gasteiger partial charge < -0.3 is 10.3 Å². The van der Waals surface area contributed by atoms with Crippen LogP contribution in [-0.4, -0.2) is 38.6 Å². The van der Waals surface area contributed by atoms with Gasteiger partial charge in [-0.2, -0.15) is 13.2 Å². The van der Waals surface area contributed by atoms with Crippen molar-refractivity contribution in [3.05, 3.63) is 36.4 Å². The Morgan fingerprint density at radius 3 is 2.86 bits per heavy atom. The van der Waals surface area contributed by atoms with Gasteiger partial charge in [-0.1, -0.05) is 0 Å². The van der Waals surface area contributed by atoms with Crippen molar-refractivity contribution in [1.82, 2.24) is 25.3 Å². The van der Waals surface area contributed by atoms with Crippen LogP contribution in [0.3, 0.4) is 0 Å². The minimum atomic E-state index is -4.46. The Kier molecular flexibility index (Phi) is 4.44. The molecule has 11 heteroatoms. The van der Waals surface area contributed by atoms with Crippen LogP contribution in [0, 0.1) is 11.7 Å². The van der Waals surface area contributed by atoms with E-state index in [0.29, 0.717) is 17.0 Å². The van der Waals surface area contributed by atoms with Crippen molar-refractivity contribution in [2.75, 3.05) is 6.54 Å². The number of alkyl halides is 3. The molecule has 1 aliphatic rings. The normalized spacial score (nSPS) is 19.4. The molecule has 0 atom stereocenters. The van der Waals surface area contributed by atoms with Crippen LogP contribution in [0.4, 0.5) is 17.6 Å². The molecule has 7 nitrogen and oxygen atoms in total. The van der Waals surface area contributed by atoms with Gasteiger partial charge in [0.15, 0.2) is 11.6 Å². The Morgan fingerprint density at radius 2 is 2.11 bits per heavy atom. The van der Waals surface area contributed by atoms with Gasteiger partial charge in [-0.15, -0.1) is 0 Å². The molecule has 1 aliphatic carbocycles. The molecular formula is C17H15F4N6O+. The first kappa shape index (κ1) is 18.3. The number of carbonyl (C=O) groups excluding carboxylic acids is 1. The van der Waals surface area contributed by atoms with E-state index in [4.69, 9.17) is 0 Å². The fourth-order valence-electron chi connectivity index (χ4n) is 3.27. The lowest BCUT2D eigenvalue weighted by Gasteiger charge is -2.34. The monoisotopic (exact) mass is 395 g/mol. The number of nitrogens with one attached hydrogen (secondary N) is 3. The third-order valence-electron chi connectivity index (χ3n) is 4.77. The second-order valence-corrected chi connectivity index (χ2v) is 6.66. The predicted octanol–water partition coefficient (Wildman–Crippen LogP) is 2.15. The SMILES string of the molecule is O=C(NCC(F)(F)F)C1CC(c2nc(-c3c[nH]c4nc[nH+]cc34)ncc2F)C1. The molecule has 1 saturated carbocycles. The smallest absolute Gasteiger partial charge is 0.347 e. The molecule has 0 saturated heterocycles. The maximum Gasteiger partial charge on any atom is 0.405 e. The standard InChI is InChI=1S/C17H14F4N6O/c18-12-5-24-15(11-4-23-14-10(11)3-22-7-26-14)27-13(12)8-1-9(2-8)16(28)25-6-17(19,20)21/h3-5,7-9H,1-2,6H2,(H,25,28)(H,22,23,26)/p+1. The van der Waals surface area contributed by atoms with E-state index >= 15 is 0 Å². The lowest BCUT2D eigenvalue weighted by molar-refractivity contribution is -0.380.